The average molecular weight is 301 g/mol. The lowest BCUT2D eigenvalue weighted by Crippen LogP contribution is -2.25. The van der Waals surface area contributed by atoms with Crippen molar-refractivity contribution in [1.29, 1.82) is 0 Å². The van der Waals surface area contributed by atoms with Crippen molar-refractivity contribution in [2.24, 2.45) is 0 Å². The highest BCUT2D eigenvalue weighted by molar-refractivity contribution is 7.12. The number of carbonyl (C=O) groups excluding carboxylic acids is 2. The highest BCUT2D eigenvalue weighted by atomic mass is 32.1. The summed E-state index contributed by atoms with van der Waals surface area (Å²) in [6.45, 7) is 0.641. The molecule has 0 saturated heterocycles. The minimum Gasteiger partial charge on any atom is -0.356 e. The maximum atomic E-state index is 11.8. The van der Waals surface area contributed by atoms with Crippen LogP contribution in [0.2, 0.25) is 0 Å². The van der Waals surface area contributed by atoms with Gasteiger partial charge in [0.25, 0.3) is 0 Å². The normalized spacial score (nSPS) is 10.3. The van der Waals surface area contributed by atoms with Crippen LogP contribution in [-0.4, -0.2) is 18.2 Å². The van der Waals surface area contributed by atoms with Gasteiger partial charge >= 0.3 is 0 Å². The van der Waals surface area contributed by atoms with E-state index in [1.807, 2.05) is 47.8 Å². The number of rotatable bonds is 8. The molecule has 0 saturated carbocycles. The standard InChI is InChI=1S/C17H19NO2S/c19-15(16-9-5-13-21-16)8-4-10-17(20)18-12-11-14-6-2-1-3-7-14/h1-3,5-7,9,13H,4,8,10-12H2,(H,18,20). The molecule has 4 heteroatoms. The van der Waals surface area contributed by atoms with Crippen LogP contribution in [0.25, 0.3) is 0 Å². The van der Waals surface area contributed by atoms with E-state index in [4.69, 9.17) is 0 Å². The molecule has 1 aromatic heterocycles. The molecule has 0 unspecified atom stereocenters. The third-order valence-corrected chi connectivity index (χ3v) is 4.09. The van der Waals surface area contributed by atoms with Gasteiger partial charge in [-0.25, -0.2) is 0 Å². The molecule has 1 heterocycles. The van der Waals surface area contributed by atoms with E-state index in [2.05, 4.69) is 5.32 Å². The van der Waals surface area contributed by atoms with Gasteiger partial charge in [-0.05, 0) is 29.9 Å². The molecule has 21 heavy (non-hydrogen) atoms. The van der Waals surface area contributed by atoms with Crippen LogP contribution < -0.4 is 5.32 Å². The van der Waals surface area contributed by atoms with E-state index in [9.17, 15) is 9.59 Å². The van der Waals surface area contributed by atoms with Crippen LogP contribution in [0.15, 0.2) is 47.8 Å². The van der Waals surface area contributed by atoms with E-state index >= 15 is 0 Å². The molecular weight excluding hydrogens is 282 g/mol. The van der Waals surface area contributed by atoms with Crippen LogP contribution in [0.4, 0.5) is 0 Å². The smallest absolute Gasteiger partial charge is 0.220 e. The van der Waals surface area contributed by atoms with Crippen molar-refractivity contribution in [2.45, 2.75) is 25.7 Å². The maximum Gasteiger partial charge on any atom is 0.220 e. The highest BCUT2D eigenvalue weighted by Gasteiger charge is 2.08. The zero-order valence-electron chi connectivity index (χ0n) is 11.9. The number of hydrogen-bond acceptors (Lipinski definition) is 3. The molecule has 0 radical (unpaired) electrons. The van der Waals surface area contributed by atoms with Crippen molar-refractivity contribution in [3.05, 3.63) is 58.3 Å². The molecule has 0 aliphatic heterocycles. The number of thiophene rings is 1. The average Bonchev–Trinajstić information content (AvgIpc) is 3.02. The number of amides is 1. The molecule has 0 aliphatic carbocycles. The third kappa shape index (κ3) is 5.52. The first-order valence-corrected chi connectivity index (χ1v) is 8.01. The Labute approximate surface area is 129 Å². The van der Waals surface area contributed by atoms with Gasteiger partial charge in [0.15, 0.2) is 5.78 Å². The summed E-state index contributed by atoms with van der Waals surface area (Å²) in [7, 11) is 0. The first-order valence-electron chi connectivity index (χ1n) is 7.13. The van der Waals surface area contributed by atoms with E-state index in [-0.39, 0.29) is 11.7 Å². The Kier molecular flexibility index (Phi) is 6.16. The van der Waals surface area contributed by atoms with Crippen LogP contribution in [0.1, 0.15) is 34.5 Å². The molecule has 1 aromatic carbocycles. The Morgan fingerprint density at radius 2 is 1.81 bits per heavy atom. The van der Waals surface area contributed by atoms with E-state index in [0.29, 0.717) is 25.8 Å². The van der Waals surface area contributed by atoms with E-state index < -0.39 is 0 Å². The van der Waals surface area contributed by atoms with Crippen LogP contribution >= 0.6 is 11.3 Å². The molecule has 0 fully saturated rings. The van der Waals surface area contributed by atoms with Crippen molar-refractivity contribution in [3.8, 4) is 0 Å². The van der Waals surface area contributed by atoms with Crippen LogP contribution in [0, 0.1) is 0 Å². The quantitative estimate of drug-likeness (QED) is 0.759. The third-order valence-electron chi connectivity index (χ3n) is 3.18. The number of carbonyl (C=O) groups is 2. The van der Waals surface area contributed by atoms with Crippen molar-refractivity contribution >= 4 is 23.0 Å². The Morgan fingerprint density at radius 1 is 1.00 bits per heavy atom. The van der Waals surface area contributed by atoms with Crippen molar-refractivity contribution in [2.75, 3.05) is 6.54 Å². The number of hydrogen-bond donors (Lipinski definition) is 1. The van der Waals surface area contributed by atoms with Crippen LogP contribution in [0.5, 0.6) is 0 Å². The van der Waals surface area contributed by atoms with E-state index in [0.717, 1.165) is 11.3 Å². The van der Waals surface area contributed by atoms with Gasteiger partial charge in [0.05, 0.1) is 4.88 Å². The Hall–Kier alpha value is -1.94. The summed E-state index contributed by atoms with van der Waals surface area (Å²) in [5.74, 6) is 0.145. The maximum absolute atomic E-state index is 11.8. The topological polar surface area (TPSA) is 46.2 Å². The largest absolute Gasteiger partial charge is 0.356 e. The Balaban J connectivity index is 1.58. The molecule has 2 rings (SSSR count). The van der Waals surface area contributed by atoms with E-state index in [1.54, 1.807) is 0 Å². The van der Waals surface area contributed by atoms with Crippen LogP contribution in [-0.2, 0) is 11.2 Å². The second kappa shape index (κ2) is 8.37. The fourth-order valence-corrected chi connectivity index (χ4v) is 2.74. The molecule has 0 atom stereocenters. The van der Waals surface area contributed by atoms with E-state index in [1.165, 1.54) is 16.9 Å². The van der Waals surface area contributed by atoms with Gasteiger partial charge in [0.2, 0.25) is 5.91 Å². The zero-order chi connectivity index (χ0) is 14.9. The SMILES string of the molecule is O=C(CCCC(=O)c1cccs1)NCCc1ccccc1. The summed E-state index contributed by atoms with van der Waals surface area (Å²) in [5.41, 5.74) is 1.21. The second-order valence-electron chi connectivity index (χ2n) is 4.84. The summed E-state index contributed by atoms with van der Waals surface area (Å²) in [6.07, 6.45) is 2.28. The van der Waals surface area contributed by atoms with Gasteiger partial charge in [-0.3, -0.25) is 9.59 Å². The zero-order valence-corrected chi connectivity index (χ0v) is 12.7. The second-order valence-corrected chi connectivity index (χ2v) is 5.79. The molecule has 1 N–H and O–H groups in total. The van der Waals surface area contributed by atoms with Gasteiger partial charge in [-0.1, -0.05) is 36.4 Å². The highest BCUT2D eigenvalue weighted by Crippen LogP contribution is 2.12. The molecular formula is C17H19NO2S. The summed E-state index contributed by atoms with van der Waals surface area (Å²) in [4.78, 5) is 24.2. The van der Waals surface area contributed by atoms with Gasteiger partial charge in [0, 0.05) is 19.4 Å². The summed E-state index contributed by atoms with van der Waals surface area (Å²) in [5, 5.41) is 4.78. The molecule has 0 spiro atoms. The monoisotopic (exact) mass is 301 g/mol. The lowest BCUT2D eigenvalue weighted by Gasteiger charge is -2.05. The van der Waals surface area contributed by atoms with Crippen molar-refractivity contribution < 1.29 is 9.59 Å². The molecule has 110 valence electrons. The first kappa shape index (κ1) is 15.4. The van der Waals surface area contributed by atoms with Crippen molar-refractivity contribution in [1.82, 2.24) is 5.32 Å². The molecule has 3 nitrogen and oxygen atoms in total. The summed E-state index contributed by atoms with van der Waals surface area (Å²) in [6, 6.07) is 13.8. The minimum absolute atomic E-state index is 0.0184. The molecule has 0 bridgehead atoms. The fraction of sp³-hybridized carbons (Fsp3) is 0.294. The van der Waals surface area contributed by atoms with Gasteiger partial charge in [0.1, 0.15) is 0 Å². The summed E-state index contributed by atoms with van der Waals surface area (Å²) >= 11 is 1.45. The number of nitrogens with one attached hydrogen (secondary N) is 1. The minimum atomic E-state index is 0.0184. The fourth-order valence-electron chi connectivity index (χ4n) is 2.05. The first-order chi connectivity index (χ1) is 10.3. The van der Waals surface area contributed by atoms with Crippen LogP contribution in [0.3, 0.4) is 0 Å². The molecule has 1 amide bonds. The lowest BCUT2D eigenvalue weighted by molar-refractivity contribution is -0.121. The molecule has 0 aliphatic rings. The Bertz CT molecular complexity index is 564. The molecule has 2 aromatic rings. The number of Topliss-reactive ketones (excluding diaryl/α,β-unsaturated/α-hetero) is 1. The predicted molar refractivity (Wildman–Crippen MR) is 85.7 cm³/mol. The number of benzene rings is 1. The number of ketones is 1. The Morgan fingerprint density at radius 3 is 2.52 bits per heavy atom. The predicted octanol–water partition coefficient (Wildman–Crippen LogP) is 3.46. The summed E-state index contributed by atoms with van der Waals surface area (Å²) < 4.78 is 0. The van der Waals surface area contributed by atoms with Gasteiger partial charge in [-0.15, -0.1) is 11.3 Å². The van der Waals surface area contributed by atoms with Crippen molar-refractivity contribution in [3.63, 3.8) is 0 Å². The van der Waals surface area contributed by atoms with Gasteiger partial charge in [-0.2, -0.15) is 0 Å². The van der Waals surface area contributed by atoms with Gasteiger partial charge < -0.3 is 5.32 Å². The lowest BCUT2D eigenvalue weighted by atomic mass is 10.1.